The van der Waals surface area contributed by atoms with Crippen molar-refractivity contribution in [3.63, 3.8) is 0 Å². The van der Waals surface area contributed by atoms with Gasteiger partial charge in [0.1, 0.15) is 0 Å². The highest BCUT2D eigenvalue weighted by atomic mass is 16.5. The molecule has 5 heteroatoms. The molecule has 1 amide bonds. The van der Waals surface area contributed by atoms with Gasteiger partial charge in [-0.25, -0.2) is 4.79 Å². The van der Waals surface area contributed by atoms with Crippen molar-refractivity contribution in [2.75, 3.05) is 46.3 Å². The molecule has 0 radical (unpaired) electrons. The number of nitrogens with zero attached hydrogens (tertiary/aromatic N) is 2. The number of piperazine rings is 1. The molecule has 1 saturated heterocycles. The van der Waals surface area contributed by atoms with Crippen LogP contribution in [0.2, 0.25) is 0 Å². The van der Waals surface area contributed by atoms with Crippen molar-refractivity contribution in [3.8, 4) is 0 Å². The fraction of sp³-hybridized carbons (Fsp3) is 0.727. The fourth-order valence-electron chi connectivity index (χ4n) is 1.68. The van der Waals surface area contributed by atoms with Crippen molar-refractivity contribution in [1.82, 2.24) is 15.1 Å². The van der Waals surface area contributed by atoms with E-state index in [9.17, 15) is 4.79 Å². The van der Waals surface area contributed by atoms with Crippen LogP contribution < -0.4 is 5.32 Å². The normalized spacial score (nSPS) is 18.1. The molecule has 0 saturated carbocycles. The van der Waals surface area contributed by atoms with E-state index < -0.39 is 6.09 Å². The minimum atomic E-state index is -0.423. The van der Waals surface area contributed by atoms with Crippen molar-refractivity contribution < 1.29 is 11.0 Å². The molecule has 0 unspecified atom stereocenters. The zero-order valence-electron chi connectivity index (χ0n) is 9.95. The molecule has 0 aromatic heterocycles. The maximum atomic E-state index is 10.9. The van der Waals surface area contributed by atoms with Gasteiger partial charge in [0.25, 0.3) is 0 Å². The van der Waals surface area contributed by atoms with Gasteiger partial charge in [-0.3, -0.25) is 0 Å². The number of carbonyl (C=O) groups is 1. The first kappa shape index (κ1) is 13.0. The summed E-state index contributed by atoms with van der Waals surface area (Å²) in [7, 11) is 2.14. The summed E-state index contributed by atoms with van der Waals surface area (Å²) in [5.74, 6) is 0. The van der Waals surface area contributed by atoms with E-state index in [4.69, 9.17) is 0 Å². The predicted molar refractivity (Wildman–Crippen MR) is 65.3 cm³/mol. The first-order chi connectivity index (χ1) is 7.72. The van der Waals surface area contributed by atoms with E-state index in [0.29, 0.717) is 6.54 Å². The van der Waals surface area contributed by atoms with Crippen LogP contribution in [-0.2, 0) is 4.74 Å². The first-order valence-corrected chi connectivity index (χ1v) is 5.68. The second-order valence-electron chi connectivity index (χ2n) is 4.00. The Morgan fingerprint density at radius 3 is 2.81 bits per heavy atom. The van der Waals surface area contributed by atoms with E-state index in [2.05, 4.69) is 33.5 Å². The maximum Gasteiger partial charge on any atom is 0.411 e. The molecule has 0 aromatic carbocycles. The van der Waals surface area contributed by atoms with Crippen LogP contribution in [-0.4, -0.2) is 62.2 Å². The van der Waals surface area contributed by atoms with E-state index in [1.165, 1.54) is 0 Å². The van der Waals surface area contributed by atoms with Crippen LogP contribution in [0, 0.1) is 0 Å². The largest absolute Gasteiger partial charge is 0.419 e. The van der Waals surface area contributed by atoms with Crippen LogP contribution >= 0.6 is 0 Å². The van der Waals surface area contributed by atoms with Gasteiger partial charge in [-0.1, -0.05) is 6.58 Å². The Balaban J connectivity index is 0.00000256. The number of amides is 1. The molecule has 0 aliphatic carbocycles. The predicted octanol–water partition coefficient (Wildman–Crippen LogP) is 0.740. The molecular formula is C11H23N3O2. The van der Waals surface area contributed by atoms with Crippen LogP contribution in [0.15, 0.2) is 12.8 Å². The highest BCUT2D eigenvalue weighted by Crippen LogP contribution is 1.99. The number of rotatable bonds is 5. The number of hydrogen-bond donors (Lipinski definition) is 1. The Morgan fingerprint density at radius 1 is 1.50 bits per heavy atom. The van der Waals surface area contributed by atoms with Gasteiger partial charge >= 0.3 is 6.09 Å². The van der Waals surface area contributed by atoms with Crippen LogP contribution in [0.4, 0.5) is 4.79 Å². The average Bonchev–Trinajstić information content (AvgIpc) is 2.27. The van der Waals surface area contributed by atoms with E-state index in [-0.39, 0.29) is 1.43 Å². The average molecular weight is 229 g/mol. The number of likely N-dealkylation sites (N-methyl/N-ethyl adjacent to an activating group) is 1. The Kier molecular flexibility index (Phi) is 5.88. The third-order valence-corrected chi connectivity index (χ3v) is 2.71. The lowest BCUT2D eigenvalue weighted by atomic mass is 10.3. The number of ether oxygens (including phenoxy) is 1. The number of nitrogens with one attached hydrogen (secondary N) is 1. The molecule has 5 nitrogen and oxygen atoms in total. The van der Waals surface area contributed by atoms with Gasteiger partial charge in [0.15, 0.2) is 0 Å². The van der Waals surface area contributed by atoms with Crippen LogP contribution in [0.5, 0.6) is 0 Å². The Labute approximate surface area is 98.5 Å². The summed E-state index contributed by atoms with van der Waals surface area (Å²) in [5, 5.41) is 2.66. The highest BCUT2D eigenvalue weighted by Gasteiger charge is 2.12. The molecule has 0 bridgehead atoms. The standard InChI is InChI=1S/C11H21N3O2.H2/c1-3-16-11(15)12-5-4-6-14-9-7-13(2)8-10-14;/h3H,1,4-10H2,2H3,(H,12,15);1H. The maximum absolute atomic E-state index is 10.9. The minimum absolute atomic E-state index is 0. The molecule has 0 aromatic rings. The summed E-state index contributed by atoms with van der Waals surface area (Å²) in [4.78, 5) is 15.7. The van der Waals surface area contributed by atoms with Crippen LogP contribution in [0.1, 0.15) is 7.85 Å². The summed E-state index contributed by atoms with van der Waals surface area (Å²) >= 11 is 0. The van der Waals surface area contributed by atoms with Crippen molar-refractivity contribution in [2.45, 2.75) is 6.42 Å². The summed E-state index contributed by atoms with van der Waals surface area (Å²) in [6, 6.07) is 0. The van der Waals surface area contributed by atoms with Crippen molar-refractivity contribution >= 4 is 6.09 Å². The molecule has 1 rings (SSSR count). The number of carbonyl (C=O) groups excluding carboxylic acids is 1. The van der Waals surface area contributed by atoms with Gasteiger partial charge < -0.3 is 19.9 Å². The van der Waals surface area contributed by atoms with E-state index in [1.54, 1.807) is 0 Å². The molecule has 94 valence electrons. The van der Waals surface area contributed by atoms with Crippen molar-refractivity contribution in [1.29, 1.82) is 0 Å². The molecule has 0 spiro atoms. The second kappa shape index (κ2) is 7.24. The minimum Gasteiger partial charge on any atom is -0.419 e. The molecular weight excluding hydrogens is 206 g/mol. The Hall–Kier alpha value is -1.07. The fourth-order valence-corrected chi connectivity index (χ4v) is 1.68. The lowest BCUT2D eigenvalue weighted by Gasteiger charge is -2.32. The summed E-state index contributed by atoms with van der Waals surface area (Å²) in [6.07, 6.45) is 1.67. The second-order valence-corrected chi connectivity index (χ2v) is 4.00. The number of hydrogen-bond acceptors (Lipinski definition) is 4. The van der Waals surface area contributed by atoms with E-state index in [0.717, 1.165) is 45.4 Å². The smallest absolute Gasteiger partial charge is 0.411 e. The highest BCUT2D eigenvalue weighted by molar-refractivity contribution is 5.67. The molecule has 1 aliphatic heterocycles. The number of alkyl carbamates (subject to hydrolysis) is 1. The van der Waals surface area contributed by atoms with Gasteiger partial charge in [-0.15, -0.1) is 0 Å². The monoisotopic (exact) mass is 229 g/mol. The van der Waals surface area contributed by atoms with Crippen molar-refractivity contribution in [2.24, 2.45) is 0 Å². The molecule has 1 N–H and O–H groups in total. The van der Waals surface area contributed by atoms with Gasteiger partial charge in [0.2, 0.25) is 0 Å². The molecule has 16 heavy (non-hydrogen) atoms. The Bertz CT molecular complexity index is 231. The molecule has 1 aliphatic rings. The zero-order valence-corrected chi connectivity index (χ0v) is 9.95. The summed E-state index contributed by atoms with van der Waals surface area (Å²) in [5.41, 5.74) is 0. The lowest BCUT2D eigenvalue weighted by Crippen LogP contribution is -2.45. The zero-order chi connectivity index (χ0) is 11.8. The molecule has 0 atom stereocenters. The SMILES string of the molecule is C=COC(=O)NCCCN1CCN(C)CC1.[HH]. The van der Waals surface area contributed by atoms with Crippen LogP contribution in [0.25, 0.3) is 0 Å². The topological polar surface area (TPSA) is 44.8 Å². The van der Waals surface area contributed by atoms with E-state index >= 15 is 0 Å². The molecule has 1 fully saturated rings. The third kappa shape index (κ3) is 5.14. The van der Waals surface area contributed by atoms with Gasteiger partial charge in [-0.2, -0.15) is 0 Å². The third-order valence-electron chi connectivity index (χ3n) is 2.71. The van der Waals surface area contributed by atoms with Gasteiger partial charge in [-0.05, 0) is 20.0 Å². The van der Waals surface area contributed by atoms with Crippen molar-refractivity contribution in [3.05, 3.63) is 12.8 Å². The summed E-state index contributed by atoms with van der Waals surface area (Å²) < 4.78 is 4.54. The summed E-state index contributed by atoms with van der Waals surface area (Å²) in [6.45, 7) is 9.49. The first-order valence-electron chi connectivity index (χ1n) is 5.68. The van der Waals surface area contributed by atoms with E-state index in [1.807, 2.05) is 0 Å². The quantitative estimate of drug-likeness (QED) is 0.558. The lowest BCUT2D eigenvalue weighted by molar-refractivity contribution is 0.151. The van der Waals surface area contributed by atoms with Gasteiger partial charge in [0.05, 0.1) is 6.26 Å². The van der Waals surface area contributed by atoms with Gasteiger partial charge in [0, 0.05) is 34.2 Å². The molecule has 1 heterocycles. The van der Waals surface area contributed by atoms with Crippen LogP contribution in [0.3, 0.4) is 0 Å². The Morgan fingerprint density at radius 2 is 2.19 bits per heavy atom.